The molecule has 6 nitrogen and oxygen atoms in total. The van der Waals surface area contributed by atoms with Gasteiger partial charge in [0.15, 0.2) is 11.5 Å². The molecule has 0 bridgehead atoms. The van der Waals surface area contributed by atoms with E-state index in [4.69, 9.17) is 9.47 Å². The van der Waals surface area contributed by atoms with E-state index in [1.54, 1.807) is 25.2 Å². The predicted octanol–water partition coefficient (Wildman–Crippen LogP) is 3.81. The molecule has 2 amide bonds. The van der Waals surface area contributed by atoms with Gasteiger partial charge in [-0.05, 0) is 57.0 Å². The molecule has 0 atom stereocenters. The molecular weight excluding hydrogens is 356 g/mol. The lowest BCUT2D eigenvalue weighted by molar-refractivity contribution is -0.116. The first kappa shape index (κ1) is 21.3. The first-order valence-electron chi connectivity index (χ1n) is 9.19. The number of para-hydroxylation sites is 1. The van der Waals surface area contributed by atoms with Gasteiger partial charge in [-0.15, -0.1) is 0 Å². The number of benzene rings is 2. The Morgan fingerprint density at radius 1 is 1.07 bits per heavy atom. The minimum atomic E-state index is -0.272. The van der Waals surface area contributed by atoms with Crippen LogP contribution < -0.4 is 14.8 Å². The number of carbonyl (C=O) groups is 2. The highest BCUT2D eigenvalue weighted by molar-refractivity contribution is 6.00. The highest BCUT2D eigenvalue weighted by atomic mass is 16.5. The van der Waals surface area contributed by atoms with E-state index < -0.39 is 0 Å². The maximum atomic E-state index is 12.7. The molecule has 0 radical (unpaired) electrons. The average molecular weight is 384 g/mol. The lowest BCUT2D eigenvalue weighted by atomic mass is 10.1. The fourth-order valence-electron chi connectivity index (χ4n) is 2.85. The first-order chi connectivity index (χ1) is 13.2. The zero-order valence-electron chi connectivity index (χ0n) is 17.3. The molecule has 6 heteroatoms. The Morgan fingerprint density at radius 2 is 1.71 bits per heavy atom. The van der Waals surface area contributed by atoms with Crippen molar-refractivity contribution in [3.8, 4) is 11.5 Å². The van der Waals surface area contributed by atoms with Crippen LogP contribution in [0.4, 0.5) is 5.69 Å². The normalized spacial score (nSPS) is 10.5. The molecule has 2 aromatic rings. The van der Waals surface area contributed by atoms with Gasteiger partial charge in [-0.1, -0.05) is 18.2 Å². The van der Waals surface area contributed by atoms with Crippen molar-refractivity contribution in [2.24, 2.45) is 0 Å². The minimum Gasteiger partial charge on any atom is -0.493 e. The van der Waals surface area contributed by atoms with Gasteiger partial charge in [0.1, 0.15) is 0 Å². The Bertz CT molecular complexity index is 841. The van der Waals surface area contributed by atoms with Crippen LogP contribution in [0.15, 0.2) is 36.4 Å². The summed E-state index contributed by atoms with van der Waals surface area (Å²) in [6.45, 7) is 7.65. The first-order valence-corrected chi connectivity index (χ1v) is 9.19. The Labute approximate surface area is 166 Å². The van der Waals surface area contributed by atoms with Crippen molar-refractivity contribution in [1.29, 1.82) is 0 Å². The quantitative estimate of drug-likeness (QED) is 0.788. The predicted molar refractivity (Wildman–Crippen MR) is 110 cm³/mol. The number of hydrogen-bond donors (Lipinski definition) is 1. The summed E-state index contributed by atoms with van der Waals surface area (Å²) in [5, 5.41) is 2.89. The van der Waals surface area contributed by atoms with E-state index in [9.17, 15) is 9.59 Å². The Hall–Kier alpha value is -3.02. The molecule has 2 rings (SSSR count). The smallest absolute Gasteiger partial charge is 0.254 e. The van der Waals surface area contributed by atoms with Gasteiger partial charge in [-0.2, -0.15) is 0 Å². The Morgan fingerprint density at radius 3 is 2.29 bits per heavy atom. The monoisotopic (exact) mass is 384 g/mol. The highest BCUT2D eigenvalue weighted by Gasteiger charge is 2.18. The van der Waals surface area contributed by atoms with E-state index in [1.807, 2.05) is 45.9 Å². The van der Waals surface area contributed by atoms with Crippen LogP contribution in [0.2, 0.25) is 0 Å². The van der Waals surface area contributed by atoms with Crippen molar-refractivity contribution in [2.45, 2.75) is 33.8 Å². The number of ether oxygens (including phenoxy) is 2. The van der Waals surface area contributed by atoms with Gasteiger partial charge in [0.25, 0.3) is 5.91 Å². The van der Waals surface area contributed by atoms with E-state index in [-0.39, 0.29) is 24.5 Å². The van der Waals surface area contributed by atoms with Crippen LogP contribution >= 0.6 is 0 Å². The third-order valence-electron chi connectivity index (χ3n) is 4.25. The number of carbonyl (C=O) groups excluding carboxylic acids is 2. The molecule has 0 heterocycles. The summed E-state index contributed by atoms with van der Waals surface area (Å²) in [6, 6.07) is 10.8. The van der Waals surface area contributed by atoms with Crippen LogP contribution in [-0.2, 0) is 4.79 Å². The maximum Gasteiger partial charge on any atom is 0.254 e. The van der Waals surface area contributed by atoms with Gasteiger partial charge in [-0.3, -0.25) is 9.59 Å². The van der Waals surface area contributed by atoms with Crippen LogP contribution in [0.5, 0.6) is 11.5 Å². The molecule has 28 heavy (non-hydrogen) atoms. The summed E-state index contributed by atoms with van der Waals surface area (Å²) in [4.78, 5) is 26.5. The third-order valence-corrected chi connectivity index (χ3v) is 4.25. The average Bonchev–Trinajstić information content (AvgIpc) is 2.64. The largest absolute Gasteiger partial charge is 0.493 e. The standard InChI is InChI=1S/C22H28N2O4/c1-14(2)28-18-11-10-17(12-19(18)27-6)22(26)24(5)13-20(25)23-21-15(3)8-7-9-16(21)4/h7-12,14H,13H2,1-6H3,(H,23,25). The van der Waals surface area contributed by atoms with Crippen LogP contribution in [0.3, 0.4) is 0 Å². The van der Waals surface area contributed by atoms with Gasteiger partial charge in [0.05, 0.1) is 19.8 Å². The van der Waals surface area contributed by atoms with E-state index in [0.717, 1.165) is 16.8 Å². The summed E-state index contributed by atoms with van der Waals surface area (Å²) < 4.78 is 11.0. The number of aryl methyl sites for hydroxylation is 2. The van der Waals surface area contributed by atoms with Crippen molar-refractivity contribution in [3.05, 3.63) is 53.1 Å². The Kier molecular flexibility index (Phi) is 7.04. The number of methoxy groups -OCH3 is 1. The number of nitrogens with zero attached hydrogens (tertiary/aromatic N) is 1. The molecule has 0 aliphatic carbocycles. The molecule has 0 saturated carbocycles. The molecule has 0 aromatic heterocycles. The molecule has 2 aromatic carbocycles. The molecule has 0 aliphatic rings. The van der Waals surface area contributed by atoms with E-state index in [0.29, 0.717) is 17.1 Å². The molecule has 1 N–H and O–H groups in total. The second-order valence-corrected chi connectivity index (χ2v) is 7.01. The fraction of sp³-hybridized carbons (Fsp3) is 0.364. The van der Waals surface area contributed by atoms with Crippen molar-refractivity contribution in [1.82, 2.24) is 4.90 Å². The van der Waals surface area contributed by atoms with Gasteiger partial charge in [-0.25, -0.2) is 0 Å². The maximum absolute atomic E-state index is 12.7. The molecule has 0 saturated heterocycles. The molecule has 0 spiro atoms. The van der Waals surface area contributed by atoms with Crippen LogP contribution in [-0.4, -0.2) is 43.5 Å². The Balaban J connectivity index is 2.08. The molecular formula is C22H28N2O4. The summed E-state index contributed by atoms with van der Waals surface area (Å²) in [6.07, 6.45) is -0.00767. The van der Waals surface area contributed by atoms with Crippen LogP contribution in [0, 0.1) is 13.8 Å². The summed E-state index contributed by atoms with van der Waals surface area (Å²) in [5.41, 5.74) is 3.17. The van der Waals surface area contributed by atoms with E-state index in [1.165, 1.54) is 12.0 Å². The number of anilines is 1. The second-order valence-electron chi connectivity index (χ2n) is 7.01. The molecule has 0 fully saturated rings. The molecule has 150 valence electrons. The topological polar surface area (TPSA) is 67.9 Å². The lowest BCUT2D eigenvalue weighted by Crippen LogP contribution is -2.35. The van der Waals surface area contributed by atoms with Gasteiger partial charge < -0.3 is 19.7 Å². The summed E-state index contributed by atoms with van der Waals surface area (Å²) >= 11 is 0. The number of likely N-dealkylation sites (N-methyl/N-ethyl adjacent to an activating group) is 1. The number of rotatable bonds is 7. The van der Waals surface area contributed by atoms with E-state index in [2.05, 4.69) is 5.32 Å². The molecule has 0 aliphatic heterocycles. The van der Waals surface area contributed by atoms with Crippen LogP contribution in [0.25, 0.3) is 0 Å². The number of amides is 2. The van der Waals surface area contributed by atoms with Crippen molar-refractivity contribution < 1.29 is 19.1 Å². The number of nitrogens with one attached hydrogen (secondary N) is 1. The number of hydrogen-bond acceptors (Lipinski definition) is 4. The van der Waals surface area contributed by atoms with E-state index >= 15 is 0 Å². The van der Waals surface area contributed by atoms with Gasteiger partial charge in [0, 0.05) is 18.3 Å². The SMILES string of the molecule is COc1cc(C(=O)N(C)CC(=O)Nc2c(C)cccc2C)ccc1OC(C)C. The lowest BCUT2D eigenvalue weighted by Gasteiger charge is -2.19. The zero-order valence-corrected chi connectivity index (χ0v) is 17.3. The molecule has 0 unspecified atom stereocenters. The third kappa shape index (κ3) is 5.25. The summed E-state index contributed by atoms with van der Waals surface area (Å²) in [5.74, 6) is 0.531. The van der Waals surface area contributed by atoms with Crippen molar-refractivity contribution >= 4 is 17.5 Å². The minimum absolute atomic E-state index is 0.00767. The summed E-state index contributed by atoms with van der Waals surface area (Å²) in [7, 11) is 3.12. The fourth-order valence-corrected chi connectivity index (χ4v) is 2.85. The highest BCUT2D eigenvalue weighted by Crippen LogP contribution is 2.29. The van der Waals surface area contributed by atoms with Crippen molar-refractivity contribution in [2.75, 3.05) is 26.0 Å². The van der Waals surface area contributed by atoms with Crippen molar-refractivity contribution in [3.63, 3.8) is 0 Å². The zero-order chi connectivity index (χ0) is 20.8. The van der Waals surface area contributed by atoms with Gasteiger partial charge >= 0.3 is 0 Å². The second kappa shape index (κ2) is 9.26. The van der Waals surface area contributed by atoms with Crippen LogP contribution in [0.1, 0.15) is 35.3 Å². The van der Waals surface area contributed by atoms with Gasteiger partial charge in [0.2, 0.25) is 5.91 Å².